The lowest BCUT2D eigenvalue weighted by Gasteiger charge is -2.10. The summed E-state index contributed by atoms with van der Waals surface area (Å²) in [5, 5.41) is 7.75. The van der Waals surface area contributed by atoms with Crippen LogP contribution in [0.5, 0.6) is 5.88 Å². The van der Waals surface area contributed by atoms with Crippen molar-refractivity contribution in [1.82, 2.24) is 28.4 Å². The molecule has 4 rings (SSSR count). The average Bonchev–Trinajstić information content (AvgIpc) is 3.34. The van der Waals surface area contributed by atoms with E-state index in [4.69, 9.17) is 10.5 Å². The number of halogens is 1. The molecule has 4 aromatic rings. The molecule has 3 aromatic heterocycles. The molecule has 1 aromatic carbocycles. The first kappa shape index (κ1) is 22.0. The van der Waals surface area contributed by atoms with Crippen molar-refractivity contribution in [2.45, 2.75) is 0 Å². The van der Waals surface area contributed by atoms with Crippen LogP contribution in [0.1, 0.15) is 0 Å². The maximum absolute atomic E-state index is 11.4. The van der Waals surface area contributed by atoms with Crippen molar-refractivity contribution in [2.75, 3.05) is 26.9 Å². The van der Waals surface area contributed by atoms with Gasteiger partial charge in [-0.1, -0.05) is 6.07 Å². The molecule has 0 aliphatic heterocycles. The predicted octanol–water partition coefficient (Wildman–Crippen LogP) is 2.36. The van der Waals surface area contributed by atoms with Gasteiger partial charge in [0.2, 0.25) is 5.88 Å². The van der Waals surface area contributed by atoms with Crippen LogP contribution >= 0.6 is 22.6 Å². The van der Waals surface area contributed by atoms with Gasteiger partial charge in [0.25, 0.3) is 0 Å². The molecule has 30 heavy (non-hydrogen) atoms. The lowest BCUT2D eigenvalue weighted by atomic mass is 10.1. The molecule has 0 spiro atoms. The first-order chi connectivity index (χ1) is 14.2. The highest BCUT2D eigenvalue weighted by atomic mass is 127. The number of anilines is 1. The second-order valence-corrected chi connectivity index (χ2v) is 9.40. The fourth-order valence-corrected chi connectivity index (χ4v) is 3.96. The molecule has 3 heterocycles. The van der Waals surface area contributed by atoms with Crippen molar-refractivity contribution in [3.05, 3.63) is 52.8 Å². The summed E-state index contributed by atoms with van der Waals surface area (Å²) in [5.74, 6) is 1.09. The van der Waals surface area contributed by atoms with Crippen LogP contribution in [-0.4, -0.2) is 58.1 Å². The smallest absolute Gasteiger partial charge is 0.308 e. The first-order valence-corrected chi connectivity index (χ1v) is 11.1. The van der Waals surface area contributed by atoms with Crippen molar-refractivity contribution >= 4 is 49.5 Å². The fraction of sp³-hybridized carbons (Fsp3) is 0.167. The van der Waals surface area contributed by atoms with Crippen LogP contribution in [0.25, 0.3) is 22.0 Å². The van der Waals surface area contributed by atoms with Gasteiger partial charge in [0.1, 0.15) is 10.0 Å². The van der Waals surface area contributed by atoms with Crippen LogP contribution in [0.2, 0.25) is 0 Å². The van der Waals surface area contributed by atoms with E-state index in [9.17, 15) is 8.42 Å². The summed E-state index contributed by atoms with van der Waals surface area (Å²) < 4.78 is 30.9. The molecule has 3 N–H and O–H groups in total. The van der Waals surface area contributed by atoms with Crippen molar-refractivity contribution in [3.63, 3.8) is 0 Å². The van der Waals surface area contributed by atoms with E-state index in [0.717, 1.165) is 30.3 Å². The molecule has 158 valence electrons. The third-order valence-corrected chi connectivity index (χ3v) is 6.34. The molecule has 0 aliphatic rings. The zero-order chi connectivity index (χ0) is 21.9. The number of aromatic nitrogens is 5. The number of methoxy groups -OCH3 is 1. The molecular formula is C18H20IN7O3S. The Morgan fingerprint density at radius 1 is 1.23 bits per heavy atom. The molecule has 0 radical (unpaired) electrons. The molecule has 0 amide bonds. The van der Waals surface area contributed by atoms with Crippen LogP contribution in [0.4, 0.5) is 5.82 Å². The fourth-order valence-electron chi connectivity index (χ4n) is 2.57. The third-order valence-electron chi connectivity index (χ3n) is 4.12. The summed E-state index contributed by atoms with van der Waals surface area (Å²) in [6, 6.07) is 9.75. The zero-order valence-corrected chi connectivity index (χ0v) is 19.4. The van der Waals surface area contributed by atoms with Crippen molar-refractivity contribution in [1.29, 1.82) is 0 Å². The van der Waals surface area contributed by atoms with E-state index < -0.39 is 10.2 Å². The number of nitrogen functional groups attached to an aromatic ring is 1. The maximum atomic E-state index is 11.4. The molecule has 0 bridgehead atoms. The Morgan fingerprint density at radius 3 is 2.63 bits per heavy atom. The second-order valence-electron chi connectivity index (χ2n) is 6.25. The highest BCUT2D eigenvalue weighted by Crippen LogP contribution is 2.30. The molecule has 0 fully saturated rings. The van der Waals surface area contributed by atoms with Crippen LogP contribution in [-0.2, 0) is 10.2 Å². The van der Waals surface area contributed by atoms with Crippen molar-refractivity contribution in [3.8, 4) is 17.0 Å². The normalized spacial score (nSPS) is 11.4. The Kier molecular flexibility index (Phi) is 6.58. The van der Waals surface area contributed by atoms with E-state index in [1.54, 1.807) is 13.3 Å². The second kappa shape index (κ2) is 8.97. The van der Waals surface area contributed by atoms with Gasteiger partial charge in [-0.3, -0.25) is 5.10 Å². The monoisotopic (exact) mass is 541 g/mol. The number of imidazole rings is 1. The average molecular weight is 541 g/mol. The third kappa shape index (κ3) is 4.55. The quantitative estimate of drug-likeness (QED) is 0.379. The van der Waals surface area contributed by atoms with Gasteiger partial charge in [0, 0.05) is 31.2 Å². The van der Waals surface area contributed by atoms with Gasteiger partial charge in [-0.25, -0.2) is 13.9 Å². The maximum Gasteiger partial charge on any atom is 0.308 e. The number of aromatic amines is 1. The topological polar surface area (TPSA) is 132 Å². The summed E-state index contributed by atoms with van der Waals surface area (Å²) in [6.07, 6.45) is 4.43. The van der Waals surface area contributed by atoms with Gasteiger partial charge >= 0.3 is 10.2 Å². The van der Waals surface area contributed by atoms with E-state index in [2.05, 4.69) is 20.2 Å². The number of H-pyrrole nitrogens is 1. The lowest BCUT2D eigenvalue weighted by molar-refractivity contribution is 0.399. The van der Waals surface area contributed by atoms with Crippen LogP contribution in [0.3, 0.4) is 0 Å². The van der Waals surface area contributed by atoms with E-state index in [1.165, 1.54) is 26.6 Å². The minimum atomic E-state index is -3.37. The van der Waals surface area contributed by atoms with Gasteiger partial charge in [-0.2, -0.15) is 17.8 Å². The van der Waals surface area contributed by atoms with Crippen molar-refractivity contribution < 1.29 is 13.2 Å². The Morgan fingerprint density at radius 2 is 2.00 bits per heavy atom. The largest absolute Gasteiger partial charge is 0.481 e. The van der Waals surface area contributed by atoms with Gasteiger partial charge in [-0.05, 0) is 52.4 Å². The van der Waals surface area contributed by atoms with Gasteiger partial charge in [0.05, 0.1) is 18.8 Å². The Hall–Kier alpha value is -2.71. The summed E-state index contributed by atoms with van der Waals surface area (Å²) in [7, 11) is 1.18. The number of nitrogens with two attached hydrogens (primary N) is 1. The van der Waals surface area contributed by atoms with Crippen molar-refractivity contribution in [2.24, 2.45) is 0 Å². The Bertz CT molecular complexity index is 1270. The van der Waals surface area contributed by atoms with E-state index in [1.807, 2.05) is 52.9 Å². The number of rotatable bonds is 4. The molecule has 0 saturated carbocycles. The molecular weight excluding hydrogens is 521 g/mol. The SMILES string of the molecule is CN(C)S(=O)(=O)n1cnc(I)c1.COc1ncccc1-c1ccc2[nH]nc(N)c2c1. The standard InChI is InChI=1S/C13H12N4O.C5H8IN3O2S/c1-18-13-9(3-2-6-15-13)8-4-5-11-10(7-8)12(14)17-16-11;1-8(2)12(10,11)9-3-5(6)7-4-9/h2-7H,1H3,(H3,14,16,17);3-4H,1-2H3. The van der Waals surface area contributed by atoms with Crippen LogP contribution in [0.15, 0.2) is 49.1 Å². The van der Waals surface area contributed by atoms with Gasteiger partial charge in [-0.15, -0.1) is 0 Å². The summed E-state index contributed by atoms with van der Waals surface area (Å²) in [6.45, 7) is 0. The number of nitrogens with zero attached hydrogens (tertiary/aromatic N) is 5. The minimum Gasteiger partial charge on any atom is -0.481 e. The molecule has 0 saturated heterocycles. The zero-order valence-electron chi connectivity index (χ0n) is 16.4. The highest BCUT2D eigenvalue weighted by molar-refractivity contribution is 14.1. The summed E-state index contributed by atoms with van der Waals surface area (Å²) >= 11 is 1.95. The Labute approximate surface area is 187 Å². The number of ether oxygens (including phenoxy) is 1. The molecule has 12 heteroatoms. The summed E-state index contributed by atoms with van der Waals surface area (Å²) in [4.78, 5) is 8.00. The number of hydrogen-bond donors (Lipinski definition) is 2. The predicted molar refractivity (Wildman–Crippen MR) is 123 cm³/mol. The lowest BCUT2D eigenvalue weighted by Crippen LogP contribution is -2.27. The van der Waals surface area contributed by atoms with Crippen LogP contribution < -0.4 is 10.5 Å². The number of nitrogens with one attached hydrogen (secondary N) is 1. The number of benzene rings is 1. The van der Waals surface area contributed by atoms with Gasteiger partial charge in [0.15, 0.2) is 5.82 Å². The van der Waals surface area contributed by atoms with E-state index in [0.29, 0.717) is 15.4 Å². The van der Waals surface area contributed by atoms with Gasteiger partial charge < -0.3 is 10.5 Å². The molecule has 0 atom stereocenters. The summed E-state index contributed by atoms with van der Waals surface area (Å²) in [5.41, 5.74) is 8.65. The first-order valence-electron chi connectivity index (χ1n) is 8.59. The molecule has 0 aliphatic carbocycles. The molecule has 10 nitrogen and oxygen atoms in total. The number of fused-ring (bicyclic) bond motifs is 1. The Balaban J connectivity index is 0.000000187. The molecule has 0 unspecified atom stereocenters. The van der Waals surface area contributed by atoms with E-state index >= 15 is 0 Å². The van der Waals surface area contributed by atoms with Crippen LogP contribution in [0, 0.1) is 3.70 Å². The highest BCUT2D eigenvalue weighted by Gasteiger charge is 2.15. The number of hydrogen-bond acceptors (Lipinski definition) is 7. The number of pyridine rings is 1. The van der Waals surface area contributed by atoms with E-state index in [-0.39, 0.29) is 0 Å². The minimum absolute atomic E-state index is 0.495.